The van der Waals surface area contributed by atoms with Crippen molar-refractivity contribution in [1.29, 1.82) is 0 Å². The van der Waals surface area contributed by atoms with Gasteiger partial charge in [0.15, 0.2) is 5.16 Å². The lowest BCUT2D eigenvalue weighted by atomic mass is 10.1. The lowest BCUT2D eigenvalue weighted by Crippen LogP contribution is -2.35. The standard InChI is InChI=1S/C19H20N4O2S2/c1-11(12-7-8-12)21-15(24)10-27-19-22-17-16(18(25)23(19)20)14(9-26-17)13-5-3-2-4-6-13/h2-6,9,11-12H,7-8,10,20H2,1H3,(H,21,24). The molecule has 0 radical (unpaired) electrons. The highest BCUT2D eigenvalue weighted by atomic mass is 32.2. The summed E-state index contributed by atoms with van der Waals surface area (Å²) in [4.78, 5) is 30.1. The predicted molar refractivity (Wildman–Crippen MR) is 111 cm³/mol. The fourth-order valence-electron chi connectivity index (χ4n) is 3.06. The number of thiophene rings is 1. The van der Waals surface area contributed by atoms with Gasteiger partial charge in [0.05, 0.1) is 11.1 Å². The summed E-state index contributed by atoms with van der Waals surface area (Å²) in [6.07, 6.45) is 2.36. The number of carbonyl (C=O) groups is 1. The van der Waals surface area contributed by atoms with Crippen LogP contribution in [-0.2, 0) is 4.79 Å². The molecule has 0 saturated heterocycles. The van der Waals surface area contributed by atoms with Gasteiger partial charge >= 0.3 is 0 Å². The Morgan fingerprint density at radius 2 is 2.15 bits per heavy atom. The number of carbonyl (C=O) groups excluding carboxylic acids is 1. The number of nitrogens with zero attached hydrogens (tertiary/aromatic N) is 2. The van der Waals surface area contributed by atoms with Crippen molar-refractivity contribution in [2.24, 2.45) is 5.92 Å². The van der Waals surface area contributed by atoms with E-state index in [-0.39, 0.29) is 23.3 Å². The topological polar surface area (TPSA) is 90.0 Å². The number of hydrogen-bond donors (Lipinski definition) is 2. The van der Waals surface area contributed by atoms with E-state index < -0.39 is 0 Å². The summed E-state index contributed by atoms with van der Waals surface area (Å²) >= 11 is 2.59. The van der Waals surface area contributed by atoms with E-state index in [0.29, 0.717) is 21.3 Å². The van der Waals surface area contributed by atoms with E-state index in [4.69, 9.17) is 5.84 Å². The zero-order chi connectivity index (χ0) is 19.0. The Morgan fingerprint density at radius 1 is 1.41 bits per heavy atom. The molecule has 2 heterocycles. The van der Waals surface area contributed by atoms with Gasteiger partial charge in [-0.2, -0.15) is 0 Å². The number of aromatic nitrogens is 2. The summed E-state index contributed by atoms with van der Waals surface area (Å²) in [5.41, 5.74) is 1.49. The van der Waals surface area contributed by atoms with Crippen LogP contribution in [-0.4, -0.2) is 27.4 Å². The van der Waals surface area contributed by atoms with E-state index in [2.05, 4.69) is 10.3 Å². The Balaban J connectivity index is 1.57. The predicted octanol–water partition coefficient (Wildman–Crippen LogP) is 2.85. The number of nitrogens with one attached hydrogen (secondary N) is 1. The number of benzene rings is 1. The second-order valence-corrected chi connectivity index (χ2v) is 8.55. The van der Waals surface area contributed by atoms with Gasteiger partial charge in [-0.1, -0.05) is 42.1 Å². The van der Waals surface area contributed by atoms with Crippen LogP contribution in [0.4, 0.5) is 0 Å². The molecule has 1 atom stereocenters. The number of thioether (sulfide) groups is 1. The fourth-order valence-corrected chi connectivity index (χ4v) is 4.77. The molecule has 0 aliphatic heterocycles. The molecule has 1 aliphatic carbocycles. The van der Waals surface area contributed by atoms with Gasteiger partial charge in [-0.3, -0.25) is 9.59 Å². The van der Waals surface area contributed by atoms with Gasteiger partial charge in [-0.05, 0) is 31.2 Å². The van der Waals surface area contributed by atoms with Gasteiger partial charge in [0, 0.05) is 17.0 Å². The van der Waals surface area contributed by atoms with Crippen LogP contribution < -0.4 is 16.7 Å². The minimum absolute atomic E-state index is 0.0649. The molecular weight excluding hydrogens is 380 g/mol. The first-order chi connectivity index (χ1) is 13.0. The maximum absolute atomic E-state index is 12.8. The van der Waals surface area contributed by atoms with Gasteiger partial charge in [-0.15, -0.1) is 11.3 Å². The van der Waals surface area contributed by atoms with Crippen molar-refractivity contribution in [3.05, 3.63) is 46.1 Å². The molecule has 2 aromatic heterocycles. The molecule has 1 amide bonds. The minimum atomic E-state index is -0.297. The Labute approximate surface area is 164 Å². The normalized spacial score (nSPS) is 15.0. The first kappa shape index (κ1) is 18.1. The molecule has 1 aromatic carbocycles. The summed E-state index contributed by atoms with van der Waals surface area (Å²) in [7, 11) is 0. The average molecular weight is 401 g/mol. The van der Waals surface area contributed by atoms with Crippen LogP contribution in [0.2, 0.25) is 0 Å². The zero-order valence-corrected chi connectivity index (χ0v) is 16.5. The second-order valence-electron chi connectivity index (χ2n) is 6.75. The number of rotatable bonds is 6. The molecule has 3 N–H and O–H groups in total. The third-order valence-electron chi connectivity index (χ3n) is 4.74. The lowest BCUT2D eigenvalue weighted by molar-refractivity contribution is -0.119. The van der Waals surface area contributed by atoms with Crippen LogP contribution in [0.5, 0.6) is 0 Å². The highest BCUT2D eigenvalue weighted by Gasteiger charge is 2.28. The number of nitrogens with two attached hydrogens (primary N) is 1. The van der Waals surface area contributed by atoms with E-state index >= 15 is 0 Å². The lowest BCUT2D eigenvalue weighted by Gasteiger charge is -2.12. The highest BCUT2D eigenvalue weighted by molar-refractivity contribution is 7.99. The maximum atomic E-state index is 12.8. The third-order valence-corrected chi connectivity index (χ3v) is 6.57. The maximum Gasteiger partial charge on any atom is 0.282 e. The summed E-state index contributed by atoms with van der Waals surface area (Å²) in [5.74, 6) is 6.71. The van der Waals surface area contributed by atoms with Crippen LogP contribution in [0, 0.1) is 5.92 Å². The van der Waals surface area contributed by atoms with Crippen molar-refractivity contribution < 1.29 is 4.79 Å². The molecule has 0 bridgehead atoms. The molecule has 0 spiro atoms. The summed E-state index contributed by atoms with van der Waals surface area (Å²) < 4.78 is 1.05. The molecule has 1 saturated carbocycles. The van der Waals surface area contributed by atoms with Crippen molar-refractivity contribution in [2.45, 2.75) is 31.0 Å². The third kappa shape index (κ3) is 3.72. The second kappa shape index (κ2) is 7.36. The quantitative estimate of drug-likeness (QED) is 0.377. The molecule has 8 heteroatoms. The molecule has 1 aliphatic rings. The Hall–Kier alpha value is -2.32. The monoisotopic (exact) mass is 400 g/mol. The van der Waals surface area contributed by atoms with Crippen molar-refractivity contribution in [3.63, 3.8) is 0 Å². The Morgan fingerprint density at radius 3 is 2.85 bits per heavy atom. The zero-order valence-electron chi connectivity index (χ0n) is 14.8. The van der Waals surface area contributed by atoms with Gasteiger partial charge in [0.1, 0.15) is 4.83 Å². The molecular formula is C19H20N4O2S2. The van der Waals surface area contributed by atoms with Crippen LogP contribution in [0.15, 0.2) is 45.7 Å². The van der Waals surface area contributed by atoms with Gasteiger partial charge in [0.2, 0.25) is 5.91 Å². The fraction of sp³-hybridized carbons (Fsp3) is 0.316. The molecule has 4 rings (SSSR count). The van der Waals surface area contributed by atoms with Crippen molar-refractivity contribution in [2.75, 3.05) is 11.6 Å². The molecule has 6 nitrogen and oxygen atoms in total. The van der Waals surface area contributed by atoms with Crippen LogP contribution in [0.1, 0.15) is 19.8 Å². The summed E-state index contributed by atoms with van der Waals surface area (Å²) in [5, 5.41) is 5.79. The number of amides is 1. The summed E-state index contributed by atoms with van der Waals surface area (Å²) in [6.45, 7) is 2.03. The number of fused-ring (bicyclic) bond motifs is 1. The molecule has 27 heavy (non-hydrogen) atoms. The van der Waals surface area contributed by atoms with Crippen LogP contribution in [0.25, 0.3) is 21.3 Å². The van der Waals surface area contributed by atoms with Gasteiger partial charge < -0.3 is 11.2 Å². The molecule has 1 fully saturated rings. The van der Waals surface area contributed by atoms with Gasteiger partial charge in [0.25, 0.3) is 5.56 Å². The number of nitrogen functional groups attached to an aromatic ring is 1. The minimum Gasteiger partial charge on any atom is -0.353 e. The molecule has 1 unspecified atom stereocenters. The Kier molecular flexibility index (Phi) is 4.92. The molecule has 3 aromatic rings. The van der Waals surface area contributed by atoms with E-state index in [1.807, 2.05) is 42.6 Å². The SMILES string of the molecule is CC(NC(=O)CSc1nc2scc(-c3ccccc3)c2c(=O)n1N)C1CC1. The van der Waals surface area contributed by atoms with Gasteiger partial charge in [-0.25, -0.2) is 9.66 Å². The van der Waals surface area contributed by atoms with E-state index in [1.54, 1.807) is 0 Å². The van der Waals surface area contributed by atoms with E-state index in [0.717, 1.165) is 15.8 Å². The smallest absolute Gasteiger partial charge is 0.282 e. The highest BCUT2D eigenvalue weighted by Crippen LogP contribution is 2.33. The van der Waals surface area contributed by atoms with Crippen molar-refractivity contribution in [1.82, 2.24) is 15.0 Å². The van der Waals surface area contributed by atoms with E-state index in [9.17, 15) is 9.59 Å². The Bertz CT molecular complexity index is 1040. The van der Waals surface area contributed by atoms with Crippen LogP contribution in [0.3, 0.4) is 0 Å². The van der Waals surface area contributed by atoms with E-state index in [1.165, 1.54) is 35.9 Å². The summed E-state index contributed by atoms with van der Waals surface area (Å²) in [6, 6.07) is 9.89. The number of hydrogen-bond acceptors (Lipinski definition) is 6. The van der Waals surface area contributed by atoms with Crippen molar-refractivity contribution >= 4 is 39.2 Å². The first-order valence-electron chi connectivity index (χ1n) is 8.81. The van der Waals surface area contributed by atoms with Crippen LogP contribution >= 0.6 is 23.1 Å². The average Bonchev–Trinajstić information content (AvgIpc) is 3.44. The first-order valence-corrected chi connectivity index (χ1v) is 10.7. The largest absolute Gasteiger partial charge is 0.353 e. The molecule has 140 valence electrons. The van der Waals surface area contributed by atoms with Crippen molar-refractivity contribution in [3.8, 4) is 11.1 Å².